The average Bonchev–Trinajstić information content (AvgIpc) is 2.50. The van der Waals surface area contributed by atoms with Crippen molar-refractivity contribution in [2.75, 3.05) is 6.54 Å². The van der Waals surface area contributed by atoms with Crippen LogP contribution < -0.4 is 5.73 Å². The fraction of sp³-hybridized carbons (Fsp3) is 1.00. The second kappa shape index (κ2) is 2.27. The first-order chi connectivity index (χ1) is 4.19. The predicted molar refractivity (Wildman–Crippen MR) is 37.0 cm³/mol. The number of aliphatic hydroxyl groups excluding tert-OH is 1. The van der Waals surface area contributed by atoms with E-state index in [9.17, 15) is 5.11 Å². The van der Waals surface area contributed by atoms with Crippen LogP contribution in [0.2, 0.25) is 0 Å². The fourth-order valence-electron chi connectivity index (χ4n) is 1.04. The van der Waals surface area contributed by atoms with Gasteiger partial charge in [0.1, 0.15) is 0 Å². The SMILES string of the molecule is CC1(C(O)CCN)CC1. The zero-order chi connectivity index (χ0) is 6.91. The summed E-state index contributed by atoms with van der Waals surface area (Å²) in [6, 6.07) is 0. The predicted octanol–water partition coefficient (Wildman–Crippen LogP) is 0.496. The van der Waals surface area contributed by atoms with E-state index in [1.807, 2.05) is 0 Å². The fourth-order valence-corrected chi connectivity index (χ4v) is 1.04. The molecule has 0 saturated heterocycles. The molecule has 1 aliphatic rings. The highest BCUT2D eigenvalue weighted by Gasteiger charge is 2.43. The molecule has 54 valence electrons. The van der Waals surface area contributed by atoms with Crippen LogP contribution in [0.25, 0.3) is 0 Å². The first-order valence-electron chi connectivity index (χ1n) is 3.57. The molecule has 0 aromatic rings. The van der Waals surface area contributed by atoms with Gasteiger partial charge >= 0.3 is 0 Å². The Balaban J connectivity index is 2.24. The number of rotatable bonds is 3. The first-order valence-corrected chi connectivity index (χ1v) is 3.57. The lowest BCUT2D eigenvalue weighted by Crippen LogP contribution is -2.22. The second-order valence-electron chi connectivity index (χ2n) is 3.25. The molecule has 0 heterocycles. The molecular formula is C7H15NO. The van der Waals surface area contributed by atoms with Gasteiger partial charge in [0.2, 0.25) is 0 Å². The lowest BCUT2D eigenvalue weighted by Gasteiger charge is -2.15. The lowest BCUT2D eigenvalue weighted by atomic mass is 9.99. The van der Waals surface area contributed by atoms with Crippen LogP contribution in [0.1, 0.15) is 26.2 Å². The molecule has 0 aliphatic heterocycles. The molecule has 1 aliphatic carbocycles. The van der Waals surface area contributed by atoms with Gasteiger partial charge in [-0.05, 0) is 31.2 Å². The van der Waals surface area contributed by atoms with Crippen LogP contribution >= 0.6 is 0 Å². The number of hydrogen-bond acceptors (Lipinski definition) is 2. The Morgan fingerprint density at radius 3 is 2.56 bits per heavy atom. The van der Waals surface area contributed by atoms with Gasteiger partial charge in [0, 0.05) is 0 Å². The van der Waals surface area contributed by atoms with Crippen LogP contribution in [0.3, 0.4) is 0 Å². The highest BCUT2D eigenvalue weighted by molar-refractivity contribution is 4.94. The molecule has 1 fully saturated rings. The van der Waals surface area contributed by atoms with Gasteiger partial charge < -0.3 is 10.8 Å². The third-order valence-corrected chi connectivity index (χ3v) is 2.28. The number of hydrogen-bond donors (Lipinski definition) is 2. The summed E-state index contributed by atoms with van der Waals surface area (Å²) < 4.78 is 0. The summed E-state index contributed by atoms with van der Waals surface area (Å²) >= 11 is 0. The van der Waals surface area contributed by atoms with E-state index in [4.69, 9.17) is 5.73 Å². The molecule has 0 radical (unpaired) electrons. The van der Waals surface area contributed by atoms with Crippen molar-refractivity contribution in [3.05, 3.63) is 0 Å². The molecule has 0 bridgehead atoms. The average molecular weight is 129 g/mol. The number of aliphatic hydroxyl groups is 1. The summed E-state index contributed by atoms with van der Waals surface area (Å²) in [5, 5.41) is 9.37. The van der Waals surface area contributed by atoms with Crippen molar-refractivity contribution in [1.29, 1.82) is 0 Å². The van der Waals surface area contributed by atoms with E-state index >= 15 is 0 Å². The summed E-state index contributed by atoms with van der Waals surface area (Å²) in [6.45, 7) is 2.73. The van der Waals surface area contributed by atoms with Crippen molar-refractivity contribution in [2.45, 2.75) is 32.3 Å². The van der Waals surface area contributed by atoms with Crippen molar-refractivity contribution >= 4 is 0 Å². The van der Waals surface area contributed by atoms with Crippen molar-refractivity contribution < 1.29 is 5.11 Å². The van der Waals surface area contributed by atoms with E-state index in [-0.39, 0.29) is 11.5 Å². The Bertz CT molecular complexity index is 99.1. The molecule has 3 N–H and O–H groups in total. The molecule has 1 saturated carbocycles. The van der Waals surface area contributed by atoms with Gasteiger partial charge in [-0.3, -0.25) is 0 Å². The minimum Gasteiger partial charge on any atom is -0.393 e. The molecule has 1 atom stereocenters. The standard InChI is InChI=1S/C7H15NO/c1-7(3-4-7)6(9)2-5-8/h6,9H,2-5,8H2,1H3. The van der Waals surface area contributed by atoms with Crippen molar-refractivity contribution in [1.82, 2.24) is 0 Å². The van der Waals surface area contributed by atoms with E-state index in [1.54, 1.807) is 0 Å². The van der Waals surface area contributed by atoms with Crippen LogP contribution in [0.5, 0.6) is 0 Å². The van der Waals surface area contributed by atoms with Gasteiger partial charge in [-0.2, -0.15) is 0 Å². The molecule has 1 unspecified atom stereocenters. The Kier molecular flexibility index (Phi) is 1.78. The van der Waals surface area contributed by atoms with Crippen LogP contribution in [0.15, 0.2) is 0 Å². The highest BCUT2D eigenvalue weighted by atomic mass is 16.3. The normalized spacial score (nSPS) is 25.7. The Labute approximate surface area is 56.1 Å². The topological polar surface area (TPSA) is 46.2 Å². The van der Waals surface area contributed by atoms with Crippen molar-refractivity contribution in [3.63, 3.8) is 0 Å². The van der Waals surface area contributed by atoms with Gasteiger partial charge in [-0.15, -0.1) is 0 Å². The summed E-state index contributed by atoms with van der Waals surface area (Å²) in [4.78, 5) is 0. The summed E-state index contributed by atoms with van der Waals surface area (Å²) in [7, 11) is 0. The Morgan fingerprint density at radius 2 is 2.22 bits per heavy atom. The molecular weight excluding hydrogens is 114 g/mol. The zero-order valence-electron chi connectivity index (χ0n) is 5.93. The maximum atomic E-state index is 9.37. The largest absolute Gasteiger partial charge is 0.393 e. The van der Waals surface area contributed by atoms with E-state index in [0.717, 1.165) is 6.42 Å². The van der Waals surface area contributed by atoms with E-state index < -0.39 is 0 Å². The van der Waals surface area contributed by atoms with Crippen molar-refractivity contribution in [2.24, 2.45) is 11.1 Å². The molecule has 9 heavy (non-hydrogen) atoms. The van der Waals surface area contributed by atoms with Gasteiger partial charge in [0.25, 0.3) is 0 Å². The number of nitrogens with two attached hydrogens (primary N) is 1. The molecule has 1 rings (SSSR count). The van der Waals surface area contributed by atoms with E-state index in [2.05, 4.69) is 6.92 Å². The lowest BCUT2D eigenvalue weighted by molar-refractivity contribution is 0.0966. The molecule has 2 heteroatoms. The third-order valence-electron chi connectivity index (χ3n) is 2.28. The maximum absolute atomic E-state index is 9.37. The quantitative estimate of drug-likeness (QED) is 0.582. The summed E-state index contributed by atoms with van der Waals surface area (Å²) in [6.07, 6.45) is 2.96. The van der Waals surface area contributed by atoms with Crippen LogP contribution in [0.4, 0.5) is 0 Å². The van der Waals surface area contributed by atoms with Crippen LogP contribution in [0, 0.1) is 5.41 Å². The molecule has 0 amide bonds. The summed E-state index contributed by atoms with van der Waals surface area (Å²) in [5.74, 6) is 0. The highest BCUT2D eigenvalue weighted by Crippen LogP contribution is 2.48. The minimum absolute atomic E-state index is 0.150. The minimum atomic E-state index is -0.150. The Morgan fingerprint density at radius 1 is 1.67 bits per heavy atom. The van der Waals surface area contributed by atoms with Crippen LogP contribution in [-0.4, -0.2) is 17.8 Å². The van der Waals surface area contributed by atoms with Gasteiger partial charge in [-0.25, -0.2) is 0 Å². The molecule has 0 aromatic carbocycles. The van der Waals surface area contributed by atoms with Crippen LogP contribution in [-0.2, 0) is 0 Å². The molecule has 0 aromatic heterocycles. The molecule has 2 nitrogen and oxygen atoms in total. The first kappa shape index (κ1) is 7.03. The van der Waals surface area contributed by atoms with Gasteiger partial charge in [0.15, 0.2) is 0 Å². The van der Waals surface area contributed by atoms with Gasteiger partial charge in [-0.1, -0.05) is 6.92 Å². The zero-order valence-corrected chi connectivity index (χ0v) is 5.93. The second-order valence-corrected chi connectivity index (χ2v) is 3.25. The maximum Gasteiger partial charge on any atom is 0.0605 e. The summed E-state index contributed by atoms with van der Waals surface area (Å²) in [5.41, 5.74) is 5.53. The third kappa shape index (κ3) is 1.43. The van der Waals surface area contributed by atoms with E-state index in [1.165, 1.54) is 12.8 Å². The molecule has 0 spiro atoms. The smallest absolute Gasteiger partial charge is 0.0605 e. The van der Waals surface area contributed by atoms with Gasteiger partial charge in [0.05, 0.1) is 6.10 Å². The Hall–Kier alpha value is -0.0800. The van der Waals surface area contributed by atoms with Crippen molar-refractivity contribution in [3.8, 4) is 0 Å². The van der Waals surface area contributed by atoms with E-state index in [0.29, 0.717) is 6.54 Å². The monoisotopic (exact) mass is 129 g/mol.